The maximum atomic E-state index is 11.1. The number of hydrogen-bond donors (Lipinski definition) is 2. The average molecular weight is 169 g/mol. The van der Waals surface area contributed by atoms with Crippen molar-refractivity contribution in [1.82, 2.24) is 10.2 Å². The van der Waals surface area contributed by atoms with E-state index in [0.29, 0.717) is 13.1 Å². The summed E-state index contributed by atoms with van der Waals surface area (Å²) in [5.74, 6) is -1.19. The highest BCUT2D eigenvalue weighted by molar-refractivity contribution is 6.35. The molecule has 0 spiro atoms. The summed E-state index contributed by atoms with van der Waals surface area (Å²) >= 11 is 0. The standard InChI is InChI=1S/C7H11N3O2/c1-2-5(8)10-4-3-9-6(11)7(10)12/h2,5H,1,3-4,8H2,(H,9,11). The quantitative estimate of drug-likeness (QED) is 0.387. The van der Waals surface area contributed by atoms with Gasteiger partial charge in [-0.2, -0.15) is 0 Å². The van der Waals surface area contributed by atoms with Gasteiger partial charge in [-0.15, -0.1) is 0 Å². The van der Waals surface area contributed by atoms with Crippen LogP contribution in [-0.2, 0) is 9.59 Å². The molecule has 3 N–H and O–H groups in total. The molecule has 0 aromatic carbocycles. The van der Waals surface area contributed by atoms with E-state index in [1.54, 1.807) is 0 Å². The molecule has 1 saturated heterocycles. The minimum absolute atomic E-state index is 0.442. The van der Waals surface area contributed by atoms with Crippen LogP contribution in [0.25, 0.3) is 0 Å². The Kier molecular flexibility index (Phi) is 2.44. The maximum Gasteiger partial charge on any atom is 0.313 e. The number of amides is 2. The lowest BCUT2D eigenvalue weighted by Crippen LogP contribution is -2.57. The van der Waals surface area contributed by atoms with Crippen LogP contribution < -0.4 is 11.1 Å². The van der Waals surface area contributed by atoms with Crippen molar-refractivity contribution in [3.05, 3.63) is 12.7 Å². The Labute approximate surface area is 70.2 Å². The van der Waals surface area contributed by atoms with Gasteiger partial charge in [0.05, 0.1) is 6.17 Å². The van der Waals surface area contributed by atoms with Gasteiger partial charge < -0.3 is 16.0 Å². The van der Waals surface area contributed by atoms with Gasteiger partial charge in [0.15, 0.2) is 0 Å². The Morgan fingerprint density at radius 2 is 2.33 bits per heavy atom. The van der Waals surface area contributed by atoms with Crippen LogP contribution in [0.1, 0.15) is 0 Å². The summed E-state index contributed by atoms with van der Waals surface area (Å²) in [6.07, 6.45) is 0.861. The lowest BCUT2D eigenvalue weighted by Gasteiger charge is -2.29. The van der Waals surface area contributed by atoms with Crippen molar-refractivity contribution < 1.29 is 9.59 Å². The zero-order valence-electron chi connectivity index (χ0n) is 6.62. The summed E-state index contributed by atoms with van der Waals surface area (Å²) < 4.78 is 0. The Morgan fingerprint density at radius 3 is 2.92 bits per heavy atom. The molecular formula is C7H11N3O2. The van der Waals surface area contributed by atoms with Crippen molar-refractivity contribution >= 4 is 11.8 Å². The molecule has 1 aliphatic rings. The Bertz CT molecular complexity index is 227. The van der Waals surface area contributed by atoms with E-state index in [2.05, 4.69) is 11.9 Å². The molecule has 0 bridgehead atoms. The Morgan fingerprint density at radius 1 is 1.67 bits per heavy atom. The van der Waals surface area contributed by atoms with E-state index in [1.165, 1.54) is 11.0 Å². The third kappa shape index (κ3) is 1.45. The van der Waals surface area contributed by atoms with Crippen molar-refractivity contribution in [3.8, 4) is 0 Å². The smallest absolute Gasteiger partial charge is 0.313 e. The first-order valence-electron chi connectivity index (χ1n) is 3.63. The van der Waals surface area contributed by atoms with E-state index in [1.807, 2.05) is 0 Å². The van der Waals surface area contributed by atoms with Gasteiger partial charge in [-0.05, 0) is 0 Å². The summed E-state index contributed by atoms with van der Waals surface area (Å²) in [7, 11) is 0. The lowest BCUT2D eigenvalue weighted by atomic mass is 10.3. The summed E-state index contributed by atoms with van der Waals surface area (Å²) in [5, 5.41) is 2.42. The lowest BCUT2D eigenvalue weighted by molar-refractivity contribution is -0.149. The van der Waals surface area contributed by atoms with Crippen molar-refractivity contribution in [2.75, 3.05) is 13.1 Å². The topological polar surface area (TPSA) is 75.4 Å². The van der Waals surface area contributed by atoms with E-state index < -0.39 is 18.0 Å². The highest BCUT2D eigenvalue weighted by Crippen LogP contribution is 1.99. The number of carbonyl (C=O) groups is 2. The first-order valence-corrected chi connectivity index (χ1v) is 3.63. The number of carbonyl (C=O) groups excluding carboxylic acids is 2. The predicted molar refractivity (Wildman–Crippen MR) is 42.9 cm³/mol. The molecule has 0 aromatic heterocycles. The first-order chi connectivity index (χ1) is 5.66. The summed E-state index contributed by atoms with van der Waals surface area (Å²) in [5.41, 5.74) is 5.51. The minimum atomic E-state index is -0.599. The summed E-state index contributed by atoms with van der Waals surface area (Å²) in [4.78, 5) is 23.2. The van der Waals surface area contributed by atoms with Crippen LogP contribution in [0.4, 0.5) is 0 Å². The number of nitrogens with two attached hydrogens (primary N) is 1. The highest BCUT2D eigenvalue weighted by Gasteiger charge is 2.28. The Balaban J connectivity index is 2.70. The number of piperazine rings is 1. The second-order valence-electron chi connectivity index (χ2n) is 2.48. The van der Waals surface area contributed by atoms with E-state index in [9.17, 15) is 9.59 Å². The fourth-order valence-electron chi connectivity index (χ4n) is 1.01. The molecule has 0 saturated carbocycles. The zero-order valence-corrected chi connectivity index (χ0v) is 6.62. The van der Waals surface area contributed by atoms with Gasteiger partial charge in [-0.3, -0.25) is 9.59 Å². The predicted octanol–water partition coefficient (Wildman–Crippen LogP) is -1.58. The molecule has 5 heteroatoms. The normalized spacial score (nSPS) is 20.2. The fourth-order valence-corrected chi connectivity index (χ4v) is 1.01. The molecule has 0 aromatic rings. The van der Waals surface area contributed by atoms with Gasteiger partial charge >= 0.3 is 11.8 Å². The molecule has 0 aliphatic carbocycles. The van der Waals surface area contributed by atoms with E-state index in [4.69, 9.17) is 5.73 Å². The molecule has 2 amide bonds. The van der Waals surface area contributed by atoms with Gasteiger partial charge in [-0.25, -0.2) is 0 Å². The molecule has 1 fully saturated rings. The molecule has 66 valence electrons. The van der Waals surface area contributed by atoms with Crippen LogP contribution in [0.2, 0.25) is 0 Å². The van der Waals surface area contributed by atoms with Gasteiger partial charge in [-0.1, -0.05) is 12.7 Å². The van der Waals surface area contributed by atoms with E-state index in [0.717, 1.165) is 0 Å². The van der Waals surface area contributed by atoms with E-state index in [-0.39, 0.29) is 0 Å². The summed E-state index contributed by atoms with van der Waals surface area (Å²) in [6.45, 7) is 4.34. The number of hydrogen-bond acceptors (Lipinski definition) is 3. The molecule has 0 radical (unpaired) electrons. The Hall–Kier alpha value is -1.36. The van der Waals surface area contributed by atoms with Crippen molar-refractivity contribution in [2.45, 2.75) is 6.17 Å². The van der Waals surface area contributed by atoms with E-state index >= 15 is 0 Å². The van der Waals surface area contributed by atoms with Gasteiger partial charge in [0, 0.05) is 13.1 Å². The largest absolute Gasteiger partial charge is 0.346 e. The molecular weight excluding hydrogens is 158 g/mol. The van der Waals surface area contributed by atoms with Crippen molar-refractivity contribution in [3.63, 3.8) is 0 Å². The van der Waals surface area contributed by atoms with Crippen LogP contribution in [0.3, 0.4) is 0 Å². The number of nitrogens with one attached hydrogen (secondary N) is 1. The average Bonchev–Trinajstić information content (AvgIpc) is 2.08. The molecule has 1 heterocycles. The first kappa shape index (κ1) is 8.73. The van der Waals surface area contributed by atoms with Crippen LogP contribution in [-0.4, -0.2) is 36.0 Å². The zero-order chi connectivity index (χ0) is 9.14. The van der Waals surface area contributed by atoms with Crippen LogP contribution in [0, 0.1) is 0 Å². The summed E-state index contributed by atoms with van der Waals surface area (Å²) in [6, 6.07) is 0. The van der Waals surface area contributed by atoms with Crippen molar-refractivity contribution in [1.29, 1.82) is 0 Å². The molecule has 1 aliphatic heterocycles. The number of rotatable bonds is 2. The molecule has 5 nitrogen and oxygen atoms in total. The van der Waals surface area contributed by atoms with Gasteiger partial charge in [0.25, 0.3) is 0 Å². The molecule has 1 unspecified atom stereocenters. The molecule has 1 rings (SSSR count). The second-order valence-corrected chi connectivity index (χ2v) is 2.48. The van der Waals surface area contributed by atoms with Gasteiger partial charge in [0.1, 0.15) is 0 Å². The fraction of sp³-hybridized carbons (Fsp3) is 0.429. The SMILES string of the molecule is C=CC(N)N1CCNC(=O)C1=O. The second kappa shape index (κ2) is 3.36. The van der Waals surface area contributed by atoms with Crippen molar-refractivity contribution in [2.24, 2.45) is 5.73 Å². The van der Waals surface area contributed by atoms with Gasteiger partial charge in [0.2, 0.25) is 0 Å². The maximum absolute atomic E-state index is 11.1. The molecule has 12 heavy (non-hydrogen) atoms. The highest BCUT2D eigenvalue weighted by atomic mass is 16.2. The third-order valence-electron chi connectivity index (χ3n) is 1.69. The monoisotopic (exact) mass is 169 g/mol. The third-order valence-corrected chi connectivity index (χ3v) is 1.69. The minimum Gasteiger partial charge on any atom is -0.346 e. The van der Waals surface area contributed by atoms with Crippen LogP contribution >= 0.6 is 0 Å². The molecule has 1 atom stereocenters. The van der Waals surface area contributed by atoms with Crippen LogP contribution in [0.15, 0.2) is 12.7 Å². The number of nitrogens with zero attached hydrogens (tertiary/aromatic N) is 1. The van der Waals surface area contributed by atoms with Crippen LogP contribution in [0.5, 0.6) is 0 Å².